The van der Waals surface area contributed by atoms with Crippen LogP contribution in [0.2, 0.25) is 0 Å². The summed E-state index contributed by atoms with van der Waals surface area (Å²) >= 11 is 0. The number of likely N-dealkylation sites (tertiary alicyclic amines) is 1. The minimum absolute atomic E-state index is 0.0224. The van der Waals surface area contributed by atoms with Gasteiger partial charge in [-0.05, 0) is 50.2 Å². The number of hydrogen-bond acceptors (Lipinski definition) is 8. The lowest BCUT2D eigenvalue weighted by Crippen LogP contribution is -2.37. The van der Waals surface area contributed by atoms with Crippen molar-refractivity contribution in [1.82, 2.24) is 4.90 Å². The quantitative estimate of drug-likeness (QED) is 0.315. The lowest BCUT2D eigenvalue weighted by atomic mass is 9.88. The van der Waals surface area contributed by atoms with Gasteiger partial charge in [-0.3, -0.25) is 4.79 Å². The van der Waals surface area contributed by atoms with Gasteiger partial charge in [0.15, 0.2) is 6.61 Å². The number of piperidine rings is 1. The first-order valence-corrected chi connectivity index (χ1v) is 12.9. The van der Waals surface area contributed by atoms with Crippen molar-refractivity contribution in [3.8, 4) is 11.5 Å². The molecule has 1 unspecified atom stereocenters. The number of carbonyl (C=O) groups is 2. The molecule has 0 bridgehead atoms. The highest BCUT2D eigenvalue weighted by Gasteiger charge is 2.27. The van der Waals surface area contributed by atoms with Crippen molar-refractivity contribution >= 4 is 17.6 Å². The topological polar surface area (TPSA) is 129 Å². The molecule has 2 aliphatic rings. The molecule has 9 nitrogen and oxygen atoms in total. The Morgan fingerprint density at radius 1 is 1.16 bits per heavy atom. The number of cyclic esters (lactones) is 1. The van der Waals surface area contributed by atoms with Gasteiger partial charge in [0, 0.05) is 37.6 Å². The summed E-state index contributed by atoms with van der Waals surface area (Å²) in [4.78, 5) is 32.9. The van der Waals surface area contributed by atoms with Crippen LogP contribution in [-0.4, -0.2) is 69.7 Å². The number of aliphatic hydroxyl groups is 1. The third-order valence-electron chi connectivity index (χ3n) is 6.47. The molecule has 0 radical (unpaired) electrons. The van der Waals surface area contributed by atoms with Gasteiger partial charge < -0.3 is 29.8 Å². The molecule has 0 saturated carbocycles. The van der Waals surface area contributed by atoms with Crippen LogP contribution < -0.4 is 0 Å². The van der Waals surface area contributed by atoms with E-state index in [1.807, 2.05) is 13.8 Å². The Balaban J connectivity index is 1.99. The number of nitrogens with zero attached hydrogens (tertiary/aromatic N) is 2. The molecule has 3 rings (SSSR count). The number of amides is 1. The highest BCUT2D eigenvalue weighted by Crippen LogP contribution is 2.38. The number of oxime groups is 1. The minimum Gasteiger partial charge on any atom is -0.508 e. The fraction of sp³-hybridized carbons (Fsp3) is 0.536. The smallest absolute Gasteiger partial charge is 0.342 e. The van der Waals surface area contributed by atoms with E-state index in [4.69, 9.17) is 9.57 Å². The summed E-state index contributed by atoms with van der Waals surface area (Å²) in [6.45, 7) is 6.64. The molecular weight excluding hydrogens is 476 g/mol. The van der Waals surface area contributed by atoms with E-state index in [1.54, 1.807) is 36.1 Å². The second-order valence-corrected chi connectivity index (χ2v) is 9.90. The largest absolute Gasteiger partial charge is 0.508 e. The molecule has 37 heavy (non-hydrogen) atoms. The predicted molar refractivity (Wildman–Crippen MR) is 140 cm³/mol. The van der Waals surface area contributed by atoms with Crippen LogP contribution in [0.25, 0.3) is 0 Å². The molecule has 2 heterocycles. The van der Waals surface area contributed by atoms with Crippen molar-refractivity contribution in [3.63, 3.8) is 0 Å². The number of phenols is 2. The Morgan fingerprint density at radius 3 is 2.59 bits per heavy atom. The van der Waals surface area contributed by atoms with Gasteiger partial charge in [0.2, 0.25) is 0 Å². The van der Waals surface area contributed by atoms with E-state index in [2.05, 4.69) is 5.16 Å². The van der Waals surface area contributed by atoms with Gasteiger partial charge in [0.05, 0.1) is 11.8 Å². The Morgan fingerprint density at radius 2 is 1.89 bits per heavy atom. The Bertz CT molecular complexity index is 1060. The standard InChI is InChI=1S/C28H38N2O7/c1-18(2)26-22-15-20(29-36-17-25(34)30-13-5-4-6-14-30)10-8-12-21(31)11-7-9-19(3)37-28(35)27(22)24(33)16-23(26)32/h7-8,10-11,16,18-19,21,31-33H,4-6,9,12-15,17H2,1-3H3/b10-8+,11-7+,29-20-/t19-,21?/m1/s1. The van der Waals surface area contributed by atoms with Gasteiger partial charge in [-0.1, -0.05) is 37.2 Å². The van der Waals surface area contributed by atoms with Crippen LogP contribution in [0, 0.1) is 0 Å². The van der Waals surface area contributed by atoms with Crippen LogP contribution in [0.3, 0.4) is 0 Å². The van der Waals surface area contributed by atoms with E-state index < -0.39 is 23.9 Å². The summed E-state index contributed by atoms with van der Waals surface area (Å²) in [6, 6.07) is 1.15. The Hall–Kier alpha value is -3.33. The molecule has 2 aliphatic heterocycles. The van der Waals surface area contributed by atoms with Crippen LogP contribution in [-0.2, 0) is 20.8 Å². The lowest BCUT2D eigenvalue weighted by molar-refractivity contribution is -0.137. The van der Waals surface area contributed by atoms with E-state index in [0.717, 1.165) is 25.3 Å². The van der Waals surface area contributed by atoms with Crippen LogP contribution in [0.4, 0.5) is 0 Å². The second-order valence-electron chi connectivity index (χ2n) is 9.90. The van der Waals surface area contributed by atoms with Crippen LogP contribution in [0.5, 0.6) is 11.5 Å². The minimum atomic E-state index is -0.739. The molecule has 0 spiro atoms. The molecule has 3 N–H and O–H groups in total. The van der Waals surface area contributed by atoms with Crippen molar-refractivity contribution in [1.29, 1.82) is 0 Å². The molecule has 1 aromatic rings. The summed E-state index contributed by atoms with van der Waals surface area (Å²) in [7, 11) is 0. The van der Waals surface area contributed by atoms with Gasteiger partial charge in [-0.25, -0.2) is 4.79 Å². The van der Waals surface area contributed by atoms with Gasteiger partial charge in [-0.2, -0.15) is 0 Å². The molecule has 2 atom stereocenters. The molecule has 202 valence electrons. The third-order valence-corrected chi connectivity index (χ3v) is 6.47. The lowest BCUT2D eigenvalue weighted by Gasteiger charge is -2.26. The molecule has 0 aliphatic carbocycles. The number of aromatic hydroxyl groups is 2. The number of aliphatic hydroxyl groups excluding tert-OH is 1. The summed E-state index contributed by atoms with van der Waals surface area (Å²) in [5, 5.41) is 35.7. The average Bonchev–Trinajstić information content (AvgIpc) is 2.83. The zero-order valence-corrected chi connectivity index (χ0v) is 21.9. The van der Waals surface area contributed by atoms with Gasteiger partial charge in [0.25, 0.3) is 5.91 Å². The van der Waals surface area contributed by atoms with Gasteiger partial charge >= 0.3 is 5.97 Å². The average molecular weight is 515 g/mol. The number of rotatable bonds is 4. The van der Waals surface area contributed by atoms with E-state index in [-0.39, 0.29) is 36.2 Å². The monoisotopic (exact) mass is 514 g/mol. The highest BCUT2D eigenvalue weighted by molar-refractivity contribution is 6.01. The fourth-order valence-corrected chi connectivity index (χ4v) is 4.63. The zero-order chi connectivity index (χ0) is 26.9. The summed E-state index contributed by atoms with van der Waals surface area (Å²) in [6.07, 6.45) is 9.28. The maximum atomic E-state index is 13.2. The summed E-state index contributed by atoms with van der Waals surface area (Å²) < 4.78 is 5.57. The summed E-state index contributed by atoms with van der Waals surface area (Å²) in [5.41, 5.74) is 1.16. The van der Waals surface area contributed by atoms with E-state index in [1.165, 1.54) is 0 Å². The van der Waals surface area contributed by atoms with Crippen molar-refractivity contribution < 1.29 is 34.5 Å². The first-order chi connectivity index (χ1) is 17.7. The molecular formula is C28H38N2O7. The molecule has 9 heteroatoms. The first-order valence-electron chi connectivity index (χ1n) is 12.9. The van der Waals surface area contributed by atoms with Crippen molar-refractivity contribution in [2.24, 2.45) is 5.16 Å². The van der Waals surface area contributed by atoms with E-state index >= 15 is 0 Å². The number of carbonyl (C=O) groups excluding carboxylic acids is 2. The number of phenolic OH excluding ortho intramolecular Hbond substituents is 2. The predicted octanol–water partition coefficient (Wildman–Crippen LogP) is 3.96. The van der Waals surface area contributed by atoms with Gasteiger partial charge in [0.1, 0.15) is 23.2 Å². The first kappa shape index (κ1) is 28.2. The highest BCUT2D eigenvalue weighted by atomic mass is 16.6. The van der Waals surface area contributed by atoms with Crippen molar-refractivity contribution in [2.45, 2.75) is 77.4 Å². The second kappa shape index (κ2) is 13.3. The number of ether oxygens (including phenoxy) is 1. The molecule has 1 aromatic carbocycles. The number of allylic oxidation sites excluding steroid dienone is 1. The zero-order valence-electron chi connectivity index (χ0n) is 21.9. The van der Waals surface area contributed by atoms with Crippen molar-refractivity contribution in [3.05, 3.63) is 47.1 Å². The van der Waals surface area contributed by atoms with Crippen molar-refractivity contribution in [2.75, 3.05) is 19.7 Å². The van der Waals surface area contributed by atoms with Gasteiger partial charge in [-0.15, -0.1) is 0 Å². The molecule has 0 aromatic heterocycles. The molecule has 1 fully saturated rings. The van der Waals surface area contributed by atoms with E-state index in [0.29, 0.717) is 42.8 Å². The van der Waals surface area contributed by atoms with E-state index in [9.17, 15) is 24.9 Å². The van der Waals surface area contributed by atoms with Crippen LogP contribution in [0.15, 0.2) is 35.5 Å². The third kappa shape index (κ3) is 7.82. The number of esters is 1. The van der Waals surface area contributed by atoms with Crippen LogP contribution >= 0.6 is 0 Å². The number of hydrogen-bond donors (Lipinski definition) is 3. The summed E-state index contributed by atoms with van der Waals surface area (Å²) in [5.74, 6) is -1.59. The Labute approximate surface area is 218 Å². The fourth-order valence-electron chi connectivity index (χ4n) is 4.63. The Kier molecular flexibility index (Phi) is 10.1. The SMILES string of the molecule is CC(C)c1c(O)cc(O)c2c1CC(=N\OCC(=O)N1CCCCC1)/C=C/CC(O)/C=C/C[C@@H](C)OC2=O. The normalized spacial score (nSPS) is 24.2. The molecule has 1 saturated heterocycles. The van der Waals surface area contributed by atoms with Crippen LogP contribution in [0.1, 0.15) is 80.3 Å². The maximum absolute atomic E-state index is 13.2. The maximum Gasteiger partial charge on any atom is 0.342 e. The number of fused-ring (bicyclic) bond motifs is 1. The molecule has 1 amide bonds. The number of benzene rings is 1.